The third kappa shape index (κ3) is 6.74. The highest BCUT2D eigenvalue weighted by Crippen LogP contribution is 2.50. The van der Waals surface area contributed by atoms with Gasteiger partial charge < -0.3 is 9.80 Å². The summed E-state index contributed by atoms with van der Waals surface area (Å²) >= 11 is 0. The summed E-state index contributed by atoms with van der Waals surface area (Å²) in [6, 6.07) is 45.4. The zero-order valence-corrected chi connectivity index (χ0v) is 37.9. The van der Waals surface area contributed by atoms with Gasteiger partial charge in [0.25, 0.3) is 6.71 Å². The summed E-state index contributed by atoms with van der Waals surface area (Å²) in [4.78, 5) is 5.29. The van der Waals surface area contributed by atoms with Gasteiger partial charge >= 0.3 is 0 Å². The van der Waals surface area contributed by atoms with Gasteiger partial charge in [0, 0.05) is 34.0 Å². The van der Waals surface area contributed by atoms with Gasteiger partial charge in [-0.15, -0.1) is 0 Å². The van der Waals surface area contributed by atoms with Gasteiger partial charge in [0.15, 0.2) is 0 Å². The van der Waals surface area contributed by atoms with Crippen LogP contribution in [0.2, 0.25) is 0 Å². The van der Waals surface area contributed by atoms with Gasteiger partial charge in [-0.05, 0) is 144 Å². The summed E-state index contributed by atoms with van der Waals surface area (Å²) in [5.41, 5.74) is 23.1. The van der Waals surface area contributed by atoms with Crippen molar-refractivity contribution in [1.29, 1.82) is 0 Å². The average molecular weight is 775 g/mol. The maximum Gasteiger partial charge on any atom is 0.252 e. The zero-order valence-electron chi connectivity index (χ0n) is 37.9. The Morgan fingerprint density at radius 1 is 0.508 bits per heavy atom. The van der Waals surface area contributed by atoms with Crippen LogP contribution < -0.4 is 26.2 Å². The van der Waals surface area contributed by atoms with E-state index in [0.29, 0.717) is 5.92 Å². The van der Waals surface area contributed by atoms with Crippen LogP contribution in [0.1, 0.15) is 129 Å². The van der Waals surface area contributed by atoms with Gasteiger partial charge in [-0.25, -0.2) is 0 Å². The Kier molecular flexibility index (Phi) is 9.03. The van der Waals surface area contributed by atoms with E-state index in [2.05, 4.69) is 215 Å². The quantitative estimate of drug-likeness (QED) is 0.164. The normalized spacial score (nSPS) is 15.6. The number of nitrogens with zero attached hydrogens (tertiary/aromatic N) is 2. The summed E-state index contributed by atoms with van der Waals surface area (Å²) in [5, 5.41) is 0. The van der Waals surface area contributed by atoms with Gasteiger partial charge in [-0.3, -0.25) is 0 Å². The number of hydrogen-bond donors (Lipinski definition) is 0. The Balaban J connectivity index is 1.43. The summed E-state index contributed by atoms with van der Waals surface area (Å²) in [6.45, 7) is 30.7. The lowest BCUT2D eigenvalue weighted by molar-refractivity contribution is 0.392. The molecule has 0 spiro atoms. The van der Waals surface area contributed by atoms with Crippen LogP contribution in [0.5, 0.6) is 0 Å². The molecule has 0 N–H and O–H groups in total. The Morgan fingerprint density at radius 2 is 1.07 bits per heavy atom. The van der Waals surface area contributed by atoms with Crippen LogP contribution in [0.25, 0.3) is 11.1 Å². The van der Waals surface area contributed by atoms with Crippen molar-refractivity contribution in [2.24, 2.45) is 5.41 Å². The monoisotopic (exact) mass is 775 g/mol. The van der Waals surface area contributed by atoms with Crippen molar-refractivity contribution >= 4 is 57.2 Å². The molecule has 0 amide bonds. The van der Waals surface area contributed by atoms with Gasteiger partial charge in [0.2, 0.25) is 0 Å². The minimum Gasteiger partial charge on any atom is -0.311 e. The second kappa shape index (κ2) is 13.5. The van der Waals surface area contributed by atoms with E-state index in [1.165, 1.54) is 95.0 Å². The number of rotatable bonds is 4. The molecule has 0 saturated heterocycles. The highest BCUT2D eigenvalue weighted by Gasteiger charge is 2.46. The summed E-state index contributed by atoms with van der Waals surface area (Å²) < 4.78 is 0. The van der Waals surface area contributed by atoms with Crippen LogP contribution in [0, 0.1) is 5.41 Å². The Morgan fingerprint density at radius 3 is 1.69 bits per heavy atom. The lowest BCUT2D eigenvalue weighted by atomic mass is 9.33. The molecule has 3 heteroatoms. The molecule has 0 radical (unpaired) electrons. The second-order valence-electron chi connectivity index (χ2n) is 22.1. The highest BCUT2D eigenvalue weighted by atomic mass is 15.2. The molecule has 0 atom stereocenters. The number of hydrogen-bond acceptors (Lipinski definition) is 2. The van der Waals surface area contributed by atoms with E-state index in [9.17, 15) is 0 Å². The number of benzene rings is 6. The van der Waals surface area contributed by atoms with E-state index in [0.717, 1.165) is 12.8 Å². The third-order valence-corrected chi connectivity index (χ3v) is 13.4. The first-order valence-corrected chi connectivity index (χ1v) is 22.1. The fourth-order valence-electron chi connectivity index (χ4n) is 10.1. The first-order chi connectivity index (χ1) is 27.7. The van der Waals surface area contributed by atoms with Crippen LogP contribution >= 0.6 is 0 Å². The van der Waals surface area contributed by atoms with E-state index in [-0.39, 0.29) is 28.4 Å². The van der Waals surface area contributed by atoms with Gasteiger partial charge in [0.05, 0.1) is 5.69 Å². The largest absolute Gasteiger partial charge is 0.311 e. The van der Waals surface area contributed by atoms with Crippen LogP contribution in [0.3, 0.4) is 0 Å². The molecule has 9 rings (SSSR count). The van der Waals surface area contributed by atoms with Crippen molar-refractivity contribution in [2.45, 2.75) is 125 Å². The molecule has 59 heavy (non-hydrogen) atoms. The molecule has 3 aliphatic rings. The molecule has 0 bridgehead atoms. The molecule has 6 aromatic carbocycles. The Bertz CT molecular complexity index is 2630. The van der Waals surface area contributed by atoms with E-state index >= 15 is 0 Å². The molecule has 0 unspecified atom stereocenters. The van der Waals surface area contributed by atoms with Crippen LogP contribution in [-0.4, -0.2) is 6.71 Å². The van der Waals surface area contributed by atoms with Crippen molar-refractivity contribution in [3.8, 4) is 11.1 Å². The molecule has 2 aliphatic heterocycles. The predicted octanol–water partition coefficient (Wildman–Crippen LogP) is 13.6. The molecule has 2 heterocycles. The van der Waals surface area contributed by atoms with Crippen LogP contribution in [0.4, 0.5) is 34.1 Å². The molecule has 2 nitrogen and oxygen atoms in total. The maximum absolute atomic E-state index is 2.68. The first kappa shape index (κ1) is 39.4. The lowest BCUT2D eigenvalue weighted by Gasteiger charge is -2.45. The van der Waals surface area contributed by atoms with E-state index in [1.54, 1.807) is 0 Å². The third-order valence-electron chi connectivity index (χ3n) is 13.4. The second-order valence-corrected chi connectivity index (χ2v) is 22.1. The van der Waals surface area contributed by atoms with Crippen molar-refractivity contribution in [1.82, 2.24) is 0 Å². The highest BCUT2D eigenvalue weighted by molar-refractivity contribution is 7.00. The minimum atomic E-state index is 0.00148. The van der Waals surface area contributed by atoms with Crippen LogP contribution in [0.15, 0.2) is 115 Å². The topological polar surface area (TPSA) is 6.48 Å². The number of anilines is 6. The molecular formula is C56H63BN2. The molecular weight excluding hydrogens is 711 g/mol. The zero-order chi connectivity index (χ0) is 42.0. The average Bonchev–Trinajstić information content (AvgIpc) is 3.48. The molecule has 300 valence electrons. The maximum atomic E-state index is 2.68. The molecule has 0 saturated carbocycles. The Hall–Kier alpha value is -5.02. The first-order valence-electron chi connectivity index (χ1n) is 22.1. The summed E-state index contributed by atoms with van der Waals surface area (Å²) in [5.74, 6) is 0.336. The van der Waals surface area contributed by atoms with Crippen molar-refractivity contribution in [3.63, 3.8) is 0 Å². The lowest BCUT2D eigenvalue weighted by Crippen LogP contribution is -2.61. The van der Waals surface area contributed by atoms with Gasteiger partial charge in [-0.2, -0.15) is 0 Å². The van der Waals surface area contributed by atoms with Gasteiger partial charge in [0.1, 0.15) is 0 Å². The van der Waals surface area contributed by atoms with Crippen molar-refractivity contribution in [3.05, 3.63) is 149 Å². The molecule has 6 aromatic rings. The smallest absolute Gasteiger partial charge is 0.252 e. The minimum absolute atomic E-state index is 0.00148. The standard InChI is InChI=1S/C56H63BN2/c1-35(2)37-27-50-52-51(28-37)59(47-24-22-41(54(6,7)8)31-44(47)36-18-15-14-16-19-36)49-29-39-34-56(12,13)33-38(39)26-45(49)57(52)46-32-42(55(9,10)11)23-25-48(46)58(50)43-21-17-20-40(30-43)53(3,4)5/h14-32,35H,33-34H2,1-13H3. The molecule has 1 aliphatic carbocycles. The molecule has 0 aromatic heterocycles. The fraction of sp³-hybridized carbons (Fsp3) is 0.357. The Labute approximate surface area is 355 Å². The van der Waals surface area contributed by atoms with E-state index in [1.807, 2.05) is 0 Å². The summed E-state index contributed by atoms with van der Waals surface area (Å²) in [7, 11) is 0. The van der Waals surface area contributed by atoms with E-state index < -0.39 is 0 Å². The SMILES string of the molecule is CC(C)c1cc2c3c(c1)N(c1ccc(C(C)(C)C)cc1-c1ccccc1)c1cc4c(cc1B3c1cc(C(C)(C)C)ccc1N2c1cccc(C(C)(C)C)c1)CC(C)(C)C4. The predicted molar refractivity (Wildman–Crippen MR) is 257 cm³/mol. The van der Waals surface area contributed by atoms with E-state index in [4.69, 9.17) is 0 Å². The fourth-order valence-corrected chi connectivity index (χ4v) is 10.1. The van der Waals surface area contributed by atoms with Crippen LogP contribution in [-0.2, 0) is 29.1 Å². The summed E-state index contributed by atoms with van der Waals surface area (Å²) in [6.07, 6.45) is 2.19. The number of fused-ring (bicyclic) bond motifs is 5. The van der Waals surface area contributed by atoms with Crippen molar-refractivity contribution in [2.75, 3.05) is 9.80 Å². The van der Waals surface area contributed by atoms with Crippen molar-refractivity contribution < 1.29 is 0 Å². The molecule has 0 fully saturated rings. The van der Waals surface area contributed by atoms with Gasteiger partial charge in [-0.1, -0.05) is 157 Å².